The molecule has 0 unspecified atom stereocenters. The number of aromatic nitrogens is 3. The zero-order valence-electron chi connectivity index (χ0n) is 15.4. The summed E-state index contributed by atoms with van der Waals surface area (Å²) in [7, 11) is 2.26. The minimum Gasteiger partial charge on any atom is -0.356 e. The summed E-state index contributed by atoms with van der Waals surface area (Å²) < 4.78 is 0. The molecule has 6 heteroatoms. The molecule has 134 valence electrons. The first-order valence-electron chi connectivity index (χ1n) is 9.24. The predicted molar refractivity (Wildman–Crippen MR) is 102 cm³/mol. The molecule has 5 nitrogen and oxygen atoms in total. The number of rotatable bonds is 5. The van der Waals surface area contributed by atoms with E-state index in [1.165, 1.54) is 24.3 Å². The van der Waals surface area contributed by atoms with Crippen LogP contribution in [0, 0.1) is 5.41 Å². The molecule has 1 atom stereocenters. The van der Waals surface area contributed by atoms with Crippen LogP contribution in [0.3, 0.4) is 0 Å². The van der Waals surface area contributed by atoms with Crippen molar-refractivity contribution in [1.29, 1.82) is 0 Å². The van der Waals surface area contributed by atoms with E-state index in [-0.39, 0.29) is 0 Å². The van der Waals surface area contributed by atoms with Crippen LogP contribution in [-0.2, 0) is 6.54 Å². The van der Waals surface area contributed by atoms with Crippen molar-refractivity contribution in [1.82, 2.24) is 19.9 Å². The van der Waals surface area contributed by atoms with Crippen LogP contribution in [-0.4, -0.2) is 46.0 Å². The average Bonchev–Trinajstić information content (AvgIpc) is 3.07. The number of piperidine rings is 1. The molecule has 2 aromatic rings. The zero-order chi connectivity index (χ0) is 17.4. The van der Waals surface area contributed by atoms with Gasteiger partial charge in [-0.1, -0.05) is 13.8 Å². The van der Waals surface area contributed by atoms with Gasteiger partial charge in [-0.05, 0) is 37.8 Å². The highest BCUT2D eigenvalue weighted by Crippen LogP contribution is 2.56. The van der Waals surface area contributed by atoms with Crippen molar-refractivity contribution in [2.75, 3.05) is 25.0 Å². The van der Waals surface area contributed by atoms with E-state index >= 15 is 0 Å². The molecule has 2 fully saturated rings. The van der Waals surface area contributed by atoms with E-state index < -0.39 is 0 Å². The van der Waals surface area contributed by atoms with Crippen LogP contribution in [0.15, 0.2) is 23.8 Å². The van der Waals surface area contributed by atoms with Gasteiger partial charge < -0.3 is 4.90 Å². The summed E-state index contributed by atoms with van der Waals surface area (Å²) in [6, 6.07) is 2.78. The van der Waals surface area contributed by atoms with Crippen LogP contribution in [0.5, 0.6) is 0 Å². The Kier molecular flexibility index (Phi) is 4.50. The third-order valence-electron chi connectivity index (χ3n) is 5.81. The summed E-state index contributed by atoms with van der Waals surface area (Å²) in [5, 5.41) is 3.29. The second kappa shape index (κ2) is 6.65. The maximum atomic E-state index is 4.77. The summed E-state index contributed by atoms with van der Waals surface area (Å²) >= 11 is 1.76. The molecular weight excluding hydrogens is 330 g/mol. The Morgan fingerprint density at radius 1 is 1.28 bits per heavy atom. The van der Waals surface area contributed by atoms with Crippen molar-refractivity contribution in [2.45, 2.75) is 51.6 Å². The largest absolute Gasteiger partial charge is 0.356 e. The lowest BCUT2D eigenvalue weighted by Gasteiger charge is -2.35. The number of thiazole rings is 1. The lowest BCUT2D eigenvalue weighted by molar-refractivity contribution is 0.238. The maximum absolute atomic E-state index is 4.77. The fourth-order valence-corrected chi connectivity index (χ4v) is 4.82. The third kappa shape index (κ3) is 3.42. The first kappa shape index (κ1) is 16.9. The smallest absolute Gasteiger partial charge is 0.133 e. The van der Waals surface area contributed by atoms with Crippen LogP contribution < -0.4 is 4.90 Å². The van der Waals surface area contributed by atoms with Gasteiger partial charge in [0.2, 0.25) is 0 Å². The van der Waals surface area contributed by atoms with Gasteiger partial charge in [0.15, 0.2) is 0 Å². The predicted octanol–water partition coefficient (Wildman–Crippen LogP) is 3.55. The molecule has 4 rings (SSSR count). The van der Waals surface area contributed by atoms with Crippen molar-refractivity contribution in [3.8, 4) is 0 Å². The summed E-state index contributed by atoms with van der Waals surface area (Å²) in [5.74, 6) is 2.43. The van der Waals surface area contributed by atoms with Gasteiger partial charge in [-0.25, -0.2) is 15.0 Å². The minimum atomic E-state index is 0.378. The summed E-state index contributed by atoms with van der Waals surface area (Å²) in [6.07, 6.45) is 7.68. The van der Waals surface area contributed by atoms with E-state index in [1.807, 2.05) is 12.4 Å². The molecule has 1 aliphatic carbocycles. The fourth-order valence-electron chi connectivity index (χ4n) is 4.14. The molecule has 1 saturated carbocycles. The maximum Gasteiger partial charge on any atom is 0.133 e. The SMILES string of the molecule is CC(C)c1nccc(N2CCC3(CC2)C[C@H]3N(C)Cc2nccs2)n1. The molecule has 2 aliphatic rings. The van der Waals surface area contributed by atoms with Gasteiger partial charge in [-0.3, -0.25) is 4.90 Å². The van der Waals surface area contributed by atoms with E-state index in [2.05, 4.69) is 52.1 Å². The molecule has 2 aromatic heterocycles. The van der Waals surface area contributed by atoms with Gasteiger partial charge in [0.1, 0.15) is 16.6 Å². The van der Waals surface area contributed by atoms with Crippen molar-refractivity contribution >= 4 is 17.2 Å². The third-order valence-corrected chi connectivity index (χ3v) is 6.57. The number of nitrogens with zero attached hydrogens (tertiary/aromatic N) is 5. The standard InChI is InChI=1S/C19H27N5S/c1-14(2)18-21-7-4-16(22-18)24-9-5-19(6-10-24)12-15(19)23(3)13-17-20-8-11-25-17/h4,7-8,11,14-15H,5-6,9-10,12-13H2,1-3H3/t15-/m1/s1. The number of hydrogen-bond acceptors (Lipinski definition) is 6. The normalized spacial score (nSPS) is 22.1. The van der Waals surface area contributed by atoms with E-state index in [4.69, 9.17) is 4.98 Å². The Bertz CT molecular complexity index is 706. The molecular formula is C19H27N5S. The monoisotopic (exact) mass is 357 g/mol. The highest BCUT2D eigenvalue weighted by Gasteiger charge is 2.56. The second-order valence-electron chi connectivity index (χ2n) is 7.84. The Morgan fingerprint density at radius 3 is 2.76 bits per heavy atom. The van der Waals surface area contributed by atoms with Crippen molar-refractivity contribution in [3.63, 3.8) is 0 Å². The van der Waals surface area contributed by atoms with Gasteiger partial charge in [0.25, 0.3) is 0 Å². The molecule has 0 radical (unpaired) electrons. The summed E-state index contributed by atoms with van der Waals surface area (Å²) in [5.41, 5.74) is 0.524. The van der Waals surface area contributed by atoms with Crippen LogP contribution in [0.1, 0.15) is 49.9 Å². The van der Waals surface area contributed by atoms with Gasteiger partial charge in [-0.15, -0.1) is 11.3 Å². The fraction of sp³-hybridized carbons (Fsp3) is 0.632. The second-order valence-corrected chi connectivity index (χ2v) is 8.82. The zero-order valence-corrected chi connectivity index (χ0v) is 16.2. The molecule has 1 aliphatic heterocycles. The Balaban J connectivity index is 1.35. The molecule has 0 N–H and O–H groups in total. The molecule has 1 spiro atoms. The van der Waals surface area contributed by atoms with Gasteiger partial charge in [0.05, 0.1) is 6.54 Å². The molecule has 0 amide bonds. The topological polar surface area (TPSA) is 45.2 Å². The first-order valence-corrected chi connectivity index (χ1v) is 10.1. The van der Waals surface area contributed by atoms with E-state index in [1.54, 1.807) is 11.3 Å². The molecule has 3 heterocycles. The summed E-state index contributed by atoms with van der Waals surface area (Å²) in [6.45, 7) is 7.50. The lowest BCUT2D eigenvalue weighted by Crippen LogP contribution is -2.38. The van der Waals surface area contributed by atoms with E-state index in [0.29, 0.717) is 11.3 Å². The van der Waals surface area contributed by atoms with E-state index in [0.717, 1.165) is 37.3 Å². The highest BCUT2D eigenvalue weighted by atomic mass is 32.1. The number of hydrogen-bond donors (Lipinski definition) is 0. The van der Waals surface area contributed by atoms with Crippen molar-refractivity contribution < 1.29 is 0 Å². The Morgan fingerprint density at radius 2 is 2.08 bits per heavy atom. The molecule has 0 bridgehead atoms. The van der Waals surface area contributed by atoms with Gasteiger partial charge in [0, 0.05) is 42.8 Å². The minimum absolute atomic E-state index is 0.378. The van der Waals surface area contributed by atoms with Crippen LogP contribution >= 0.6 is 11.3 Å². The lowest BCUT2D eigenvalue weighted by atomic mass is 9.92. The molecule has 25 heavy (non-hydrogen) atoms. The van der Waals surface area contributed by atoms with Crippen LogP contribution in [0.2, 0.25) is 0 Å². The van der Waals surface area contributed by atoms with Gasteiger partial charge in [-0.2, -0.15) is 0 Å². The van der Waals surface area contributed by atoms with Crippen molar-refractivity contribution in [3.05, 3.63) is 34.7 Å². The Labute approximate surface area is 154 Å². The summed E-state index contributed by atoms with van der Waals surface area (Å²) in [4.78, 5) is 18.5. The number of anilines is 1. The first-order chi connectivity index (χ1) is 12.1. The quantitative estimate of drug-likeness (QED) is 0.819. The Hall–Kier alpha value is -1.53. The van der Waals surface area contributed by atoms with Crippen molar-refractivity contribution in [2.24, 2.45) is 5.41 Å². The van der Waals surface area contributed by atoms with Crippen LogP contribution in [0.25, 0.3) is 0 Å². The van der Waals surface area contributed by atoms with Crippen LogP contribution in [0.4, 0.5) is 5.82 Å². The average molecular weight is 358 g/mol. The molecule has 1 saturated heterocycles. The molecule has 0 aromatic carbocycles. The highest BCUT2D eigenvalue weighted by molar-refractivity contribution is 7.09. The van der Waals surface area contributed by atoms with E-state index in [9.17, 15) is 0 Å². The van der Waals surface area contributed by atoms with Gasteiger partial charge >= 0.3 is 0 Å².